The van der Waals surface area contributed by atoms with Crippen LogP contribution in [0.15, 0.2) is 48.5 Å². The van der Waals surface area contributed by atoms with E-state index in [0.29, 0.717) is 29.5 Å². The fourth-order valence-corrected chi connectivity index (χ4v) is 2.76. The van der Waals surface area contributed by atoms with Gasteiger partial charge in [-0.15, -0.1) is 0 Å². The van der Waals surface area contributed by atoms with Crippen LogP contribution >= 0.6 is 11.6 Å². The molecule has 2 aromatic carbocycles. The number of nitrogens with one attached hydrogen (secondary N) is 1. The standard InChI is InChI=1S/C18H19ClN2O2/c1-2-15-12-21(16-10-14(19)8-9-17(16)23-15)18(22)20-11-13-6-4-3-5-7-13/h3-10,15H,2,11-12H2,1H3,(H,20,22)/t15-/m0/s1. The van der Waals surface area contributed by atoms with Gasteiger partial charge in [-0.2, -0.15) is 0 Å². The molecule has 0 bridgehead atoms. The third-order valence-electron chi connectivity index (χ3n) is 3.88. The average Bonchev–Trinajstić information content (AvgIpc) is 2.59. The maximum Gasteiger partial charge on any atom is 0.322 e. The molecule has 0 saturated carbocycles. The second-order valence-electron chi connectivity index (χ2n) is 5.52. The van der Waals surface area contributed by atoms with Gasteiger partial charge < -0.3 is 10.1 Å². The number of benzene rings is 2. The van der Waals surface area contributed by atoms with Crippen LogP contribution in [0.3, 0.4) is 0 Å². The Morgan fingerprint density at radius 3 is 2.83 bits per heavy atom. The number of anilines is 1. The van der Waals surface area contributed by atoms with Gasteiger partial charge in [-0.25, -0.2) is 4.79 Å². The lowest BCUT2D eigenvalue weighted by Gasteiger charge is -2.34. The Labute approximate surface area is 141 Å². The number of urea groups is 1. The summed E-state index contributed by atoms with van der Waals surface area (Å²) in [4.78, 5) is 14.3. The van der Waals surface area contributed by atoms with Crippen LogP contribution in [0.25, 0.3) is 0 Å². The molecule has 3 rings (SSSR count). The van der Waals surface area contributed by atoms with Crippen molar-refractivity contribution in [2.75, 3.05) is 11.4 Å². The maximum absolute atomic E-state index is 12.6. The van der Waals surface area contributed by atoms with Crippen LogP contribution in [0.1, 0.15) is 18.9 Å². The number of carbonyl (C=O) groups is 1. The number of hydrogen-bond donors (Lipinski definition) is 1. The van der Waals surface area contributed by atoms with Crippen molar-refractivity contribution >= 4 is 23.3 Å². The van der Waals surface area contributed by atoms with Crippen molar-refractivity contribution in [2.45, 2.75) is 26.0 Å². The Hall–Kier alpha value is -2.20. The molecule has 1 atom stereocenters. The molecule has 1 heterocycles. The van der Waals surface area contributed by atoms with E-state index in [0.717, 1.165) is 12.0 Å². The number of ether oxygens (including phenoxy) is 1. The minimum Gasteiger partial charge on any atom is -0.486 e. The SMILES string of the molecule is CC[C@H]1CN(C(=O)NCc2ccccc2)c2cc(Cl)ccc2O1. The van der Waals surface area contributed by atoms with E-state index in [4.69, 9.17) is 16.3 Å². The molecule has 120 valence electrons. The molecule has 4 nitrogen and oxygen atoms in total. The predicted octanol–water partition coefficient (Wildman–Crippen LogP) is 4.23. The Balaban J connectivity index is 1.78. The summed E-state index contributed by atoms with van der Waals surface area (Å²) in [5.41, 5.74) is 1.78. The van der Waals surface area contributed by atoms with Crippen LogP contribution in [-0.4, -0.2) is 18.7 Å². The van der Waals surface area contributed by atoms with Gasteiger partial charge in [0.2, 0.25) is 0 Å². The Bertz CT molecular complexity index is 691. The second-order valence-corrected chi connectivity index (χ2v) is 5.95. The highest BCUT2D eigenvalue weighted by Gasteiger charge is 2.29. The van der Waals surface area contributed by atoms with E-state index in [1.165, 1.54) is 0 Å². The number of fused-ring (bicyclic) bond motifs is 1. The molecule has 1 N–H and O–H groups in total. The molecular weight excluding hydrogens is 312 g/mol. The topological polar surface area (TPSA) is 41.6 Å². The normalized spacial score (nSPS) is 16.4. The van der Waals surface area contributed by atoms with Crippen molar-refractivity contribution in [1.82, 2.24) is 5.32 Å². The van der Waals surface area contributed by atoms with Crippen LogP contribution in [0, 0.1) is 0 Å². The van der Waals surface area contributed by atoms with Crippen LogP contribution in [0.4, 0.5) is 10.5 Å². The summed E-state index contributed by atoms with van der Waals surface area (Å²) in [5, 5.41) is 3.55. The first-order valence-corrected chi connectivity index (χ1v) is 8.10. The van der Waals surface area contributed by atoms with Gasteiger partial charge in [0.05, 0.1) is 12.2 Å². The molecule has 0 saturated heterocycles. The zero-order valence-corrected chi connectivity index (χ0v) is 13.7. The van der Waals surface area contributed by atoms with Crippen molar-refractivity contribution in [3.05, 3.63) is 59.1 Å². The van der Waals surface area contributed by atoms with E-state index >= 15 is 0 Å². The Morgan fingerprint density at radius 1 is 1.30 bits per heavy atom. The second kappa shape index (κ2) is 6.92. The molecule has 23 heavy (non-hydrogen) atoms. The van der Waals surface area contributed by atoms with Gasteiger partial charge >= 0.3 is 6.03 Å². The first kappa shape index (κ1) is 15.7. The lowest BCUT2D eigenvalue weighted by Crippen LogP contribution is -2.47. The third kappa shape index (κ3) is 3.59. The quantitative estimate of drug-likeness (QED) is 0.915. The summed E-state index contributed by atoms with van der Waals surface area (Å²) in [6, 6.07) is 15.1. The van der Waals surface area contributed by atoms with E-state index in [1.54, 1.807) is 17.0 Å². The van der Waals surface area contributed by atoms with Gasteiger partial charge in [-0.1, -0.05) is 48.9 Å². The van der Waals surface area contributed by atoms with Crippen LogP contribution < -0.4 is 15.0 Å². The molecule has 0 aliphatic carbocycles. The van der Waals surface area contributed by atoms with Crippen molar-refractivity contribution in [2.24, 2.45) is 0 Å². The molecule has 0 radical (unpaired) electrons. The molecule has 0 fully saturated rings. The highest BCUT2D eigenvalue weighted by molar-refractivity contribution is 6.31. The fourth-order valence-electron chi connectivity index (χ4n) is 2.59. The minimum absolute atomic E-state index is 0.00819. The first-order chi connectivity index (χ1) is 11.2. The van der Waals surface area contributed by atoms with Crippen LogP contribution in [0.5, 0.6) is 5.75 Å². The zero-order chi connectivity index (χ0) is 16.2. The Morgan fingerprint density at radius 2 is 2.09 bits per heavy atom. The molecule has 2 aromatic rings. The van der Waals surface area contributed by atoms with Crippen LogP contribution in [-0.2, 0) is 6.54 Å². The summed E-state index contributed by atoms with van der Waals surface area (Å²) in [6.45, 7) is 3.06. The number of nitrogens with zero attached hydrogens (tertiary/aromatic N) is 1. The number of halogens is 1. The van der Waals surface area contributed by atoms with Gasteiger partial charge in [0, 0.05) is 11.6 Å². The molecule has 1 aliphatic heterocycles. The minimum atomic E-state index is -0.140. The van der Waals surface area contributed by atoms with Crippen LogP contribution in [0.2, 0.25) is 5.02 Å². The lowest BCUT2D eigenvalue weighted by atomic mass is 10.1. The summed E-state index contributed by atoms with van der Waals surface area (Å²) >= 11 is 6.08. The van der Waals surface area contributed by atoms with Gasteiger partial charge in [0.25, 0.3) is 0 Å². The van der Waals surface area contributed by atoms with Crippen molar-refractivity contribution < 1.29 is 9.53 Å². The summed E-state index contributed by atoms with van der Waals surface area (Å²) < 4.78 is 5.90. The molecule has 5 heteroatoms. The van der Waals surface area contributed by atoms with Crippen molar-refractivity contribution in [3.63, 3.8) is 0 Å². The molecule has 0 spiro atoms. The predicted molar refractivity (Wildman–Crippen MR) is 92.2 cm³/mol. The first-order valence-electron chi connectivity index (χ1n) is 7.73. The summed E-state index contributed by atoms with van der Waals surface area (Å²) in [5.74, 6) is 0.697. The smallest absolute Gasteiger partial charge is 0.322 e. The van der Waals surface area contributed by atoms with Gasteiger partial charge in [-0.05, 0) is 30.2 Å². The number of rotatable bonds is 3. The van der Waals surface area contributed by atoms with E-state index in [-0.39, 0.29) is 12.1 Å². The average molecular weight is 331 g/mol. The summed E-state index contributed by atoms with van der Waals surface area (Å²) in [6.07, 6.45) is 0.830. The van der Waals surface area contributed by atoms with Crippen molar-refractivity contribution in [1.29, 1.82) is 0 Å². The number of carbonyl (C=O) groups excluding carboxylic acids is 1. The third-order valence-corrected chi connectivity index (χ3v) is 4.11. The van der Waals surface area contributed by atoms with E-state index in [9.17, 15) is 4.79 Å². The van der Waals surface area contributed by atoms with E-state index < -0.39 is 0 Å². The van der Waals surface area contributed by atoms with E-state index in [2.05, 4.69) is 5.32 Å². The Kier molecular flexibility index (Phi) is 4.72. The molecule has 1 aliphatic rings. The number of amides is 2. The summed E-state index contributed by atoms with van der Waals surface area (Å²) in [7, 11) is 0. The molecular formula is C18H19ClN2O2. The van der Waals surface area contributed by atoms with E-state index in [1.807, 2.05) is 43.3 Å². The van der Waals surface area contributed by atoms with Gasteiger partial charge in [0.1, 0.15) is 11.9 Å². The molecule has 0 aromatic heterocycles. The van der Waals surface area contributed by atoms with Gasteiger partial charge in [-0.3, -0.25) is 4.90 Å². The van der Waals surface area contributed by atoms with Gasteiger partial charge in [0.15, 0.2) is 0 Å². The molecule has 2 amide bonds. The number of hydrogen-bond acceptors (Lipinski definition) is 2. The lowest BCUT2D eigenvalue weighted by molar-refractivity contribution is 0.186. The highest BCUT2D eigenvalue weighted by atomic mass is 35.5. The largest absolute Gasteiger partial charge is 0.486 e. The maximum atomic E-state index is 12.6. The van der Waals surface area contributed by atoms with Crippen molar-refractivity contribution in [3.8, 4) is 5.75 Å². The zero-order valence-electron chi connectivity index (χ0n) is 13.0. The highest BCUT2D eigenvalue weighted by Crippen LogP contribution is 2.36. The monoisotopic (exact) mass is 330 g/mol. The molecule has 0 unspecified atom stereocenters. The fraction of sp³-hybridized carbons (Fsp3) is 0.278.